The summed E-state index contributed by atoms with van der Waals surface area (Å²) in [5.74, 6) is 0.430. The number of carbonyl (C=O) groups is 1. The fraction of sp³-hybridized carbons (Fsp3) is 0.462. The molecule has 1 aromatic carbocycles. The van der Waals surface area contributed by atoms with Crippen LogP contribution < -0.4 is 15.8 Å². The molecular weight excluding hydrogens is 312 g/mol. The normalized spacial score (nSPS) is 12.0. The smallest absolute Gasteiger partial charge is 0.258 e. The molecule has 1 atom stereocenters. The van der Waals surface area contributed by atoms with Gasteiger partial charge in [-0.25, -0.2) is 0 Å². The number of hydrogen-bond donors (Lipinski definition) is 2. The molecule has 0 saturated carbocycles. The number of carbonyl (C=O) groups excluding carboxylic acids is 1. The monoisotopic (exact) mass is 330 g/mol. The van der Waals surface area contributed by atoms with Crippen molar-refractivity contribution in [2.24, 2.45) is 5.73 Å². The van der Waals surface area contributed by atoms with Crippen molar-refractivity contribution in [1.82, 2.24) is 5.32 Å². The lowest BCUT2D eigenvalue weighted by molar-refractivity contribution is -0.123. The van der Waals surface area contributed by atoms with Gasteiger partial charge in [0.25, 0.3) is 5.91 Å². The zero-order valence-electron chi connectivity index (χ0n) is 11.1. The van der Waals surface area contributed by atoms with Gasteiger partial charge in [-0.1, -0.05) is 22.0 Å². The van der Waals surface area contributed by atoms with Crippen molar-refractivity contribution < 1.29 is 14.3 Å². The second-order valence-electron chi connectivity index (χ2n) is 4.10. The van der Waals surface area contributed by atoms with Crippen molar-refractivity contribution in [2.75, 3.05) is 26.9 Å². The Labute approximate surface area is 121 Å². The highest BCUT2D eigenvalue weighted by molar-refractivity contribution is 9.10. The lowest BCUT2D eigenvalue weighted by Crippen LogP contribution is -2.31. The highest BCUT2D eigenvalue weighted by Crippen LogP contribution is 2.27. The molecule has 0 fully saturated rings. The number of nitrogens with two attached hydrogens (primary N) is 1. The molecule has 0 aliphatic carbocycles. The average molecular weight is 331 g/mol. The third kappa shape index (κ3) is 5.59. The van der Waals surface area contributed by atoms with E-state index in [2.05, 4.69) is 21.2 Å². The molecule has 0 heterocycles. The van der Waals surface area contributed by atoms with Crippen LogP contribution in [0.2, 0.25) is 0 Å². The van der Waals surface area contributed by atoms with Crippen LogP contribution in [0.25, 0.3) is 0 Å². The van der Waals surface area contributed by atoms with Gasteiger partial charge in [-0.15, -0.1) is 0 Å². The zero-order valence-corrected chi connectivity index (χ0v) is 12.7. The fourth-order valence-electron chi connectivity index (χ4n) is 1.50. The molecule has 0 bridgehead atoms. The molecule has 0 unspecified atom stereocenters. The number of ether oxygens (including phenoxy) is 2. The molecule has 1 aromatic rings. The van der Waals surface area contributed by atoms with Gasteiger partial charge in [0, 0.05) is 29.7 Å². The van der Waals surface area contributed by atoms with Crippen molar-refractivity contribution in [3.8, 4) is 5.75 Å². The predicted molar refractivity (Wildman–Crippen MR) is 77.1 cm³/mol. The highest BCUT2D eigenvalue weighted by atomic mass is 79.9. The van der Waals surface area contributed by atoms with Gasteiger partial charge >= 0.3 is 0 Å². The van der Waals surface area contributed by atoms with Gasteiger partial charge in [0.05, 0.1) is 6.61 Å². The van der Waals surface area contributed by atoms with Crippen LogP contribution in [0.3, 0.4) is 0 Å². The minimum atomic E-state index is -0.187. The Morgan fingerprint density at radius 1 is 1.53 bits per heavy atom. The number of hydrogen-bond acceptors (Lipinski definition) is 4. The minimum Gasteiger partial charge on any atom is -0.483 e. The molecule has 19 heavy (non-hydrogen) atoms. The summed E-state index contributed by atoms with van der Waals surface area (Å²) in [4.78, 5) is 11.5. The van der Waals surface area contributed by atoms with Gasteiger partial charge in [-0.3, -0.25) is 4.79 Å². The second kappa shape index (κ2) is 8.14. The van der Waals surface area contributed by atoms with Gasteiger partial charge in [-0.2, -0.15) is 0 Å². The van der Waals surface area contributed by atoms with Crippen molar-refractivity contribution in [3.05, 3.63) is 28.2 Å². The first-order valence-corrected chi connectivity index (χ1v) is 6.77. The first kappa shape index (κ1) is 15.9. The third-order valence-corrected chi connectivity index (χ3v) is 2.95. The van der Waals surface area contributed by atoms with E-state index in [4.69, 9.17) is 15.2 Å². The topological polar surface area (TPSA) is 73.6 Å². The number of rotatable bonds is 7. The summed E-state index contributed by atoms with van der Waals surface area (Å²) in [6, 6.07) is 5.43. The van der Waals surface area contributed by atoms with E-state index in [-0.39, 0.29) is 18.6 Å². The molecule has 1 amide bonds. The van der Waals surface area contributed by atoms with E-state index >= 15 is 0 Å². The highest BCUT2D eigenvalue weighted by Gasteiger charge is 2.10. The molecule has 0 radical (unpaired) electrons. The minimum absolute atomic E-state index is 0.0418. The van der Waals surface area contributed by atoms with E-state index in [0.717, 1.165) is 10.0 Å². The number of nitrogens with one attached hydrogen (secondary N) is 1. The van der Waals surface area contributed by atoms with Crippen LogP contribution in [-0.2, 0) is 9.53 Å². The molecule has 0 aromatic heterocycles. The largest absolute Gasteiger partial charge is 0.483 e. The van der Waals surface area contributed by atoms with E-state index in [1.165, 1.54) is 0 Å². The van der Waals surface area contributed by atoms with E-state index in [0.29, 0.717) is 18.9 Å². The first-order valence-electron chi connectivity index (χ1n) is 5.98. The average Bonchev–Trinajstić information content (AvgIpc) is 2.36. The lowest BCUT2D eigenvalue weighted by Gasteiger charge is -2.14. The molecule has 5 nitrogen and oxygen atoms in total. The Balaban J connectivity index is 2.56. The molecular formula is C13H19BrN2O3. The number of benzene rings is 1. The summed E-state index contributed by atoms with van der Waals surface area (Å²) in [6.07, 6.45) is 0. The number of halogens is 1. The molecule has 1 rings (SSSR count). The van der Waals surface area contributed by atoms with Gasteiger partial charge in [-0.05, 0) is 19.1 Å². The molecule has 0 aliphatic rings. The fourth-order valence-corrected chi connectivity index (χ4v) is 1.84. The predicted octanol–water partition coefficient (Wildman–Crippen LogP) is 1.61. The summed E-state index contributed by atoms with van der Waals surface area (Å²) in [5.41, 5.74) is 6.73. The summed E-state index contributed by atoms with van der Waals surface area (Å²) in [6.45, 7) is 2.78. The van der Waals surface area contributed by atoms with Gasteiger partial charge in [0.2, 0.25) is 0 Å². The molecule has 3 N–H and O–H groups in total. The molecule has 0 saturated heterocycles. The van der Waals surface area contributed by atoms with Crippen LogP contribution in [0.15, 0.2) is 22.7 Å². The van der Waals surface area contributed by atoms with Gasteiger partial charge in [0.1, 0.15) is 5.75 Å². The standard InChI is InChI=1S/C13H19BrN2O3/c1-9(15)11-4-3-10(14)7-12(11)19-8-13(17)16-5-6-18-2/h3-4,7,9H,5-6,8,15H2,1-2H3,(H,16,17)/t9-/m1/s1. The third-order valence-electron chi connectivity index (χ3n) is 2.45. The van der Waals surface area contributed by atoms with Crippen LogP contribution in [0.1, 0.15) is 18.5 Å². The van der Waals surface area contributed by atoms with E-state index in [1.54, 1.807) is 13.2 Å². The maximum atomic E-state index is 11.5. The van der Waals surface area contributed by atoms with Crippen LogP contribution in [0.5, 0.6) is 5.75 Å². The lowest BCUT2D eigenvalue weighted by atomic mass is 10.1. The van der Waals surface area contributed by atoms with Crippen molar-refractivity contribution in [3.63, 3.8) is 0 Å². The van der Waals surface area contributed by atoms with Crippen molar-refractivity contribution >= 4 is 21.8 Å². The van der Waals surface area contributed by atoms with Crippen LogP contribution in [0.4, 0.5) is 0 Å². The summed E-state index contributed by atoms with van der Waals surface area (Å²) in [5, 5.41) is 2.69. The second-order valence-corrected chi connectivity index (χ2v) is 5.02. The van der Waals surface area contributed by atoms with E-state index in [1.807, 2.05) is 19.1 Å². The molecule has 106 valence electrons. The SMILES string of the molecule is COCCNC(=O)COc1cc(Br)ccc1[C@@H](C)N. The maximum absolute atomic E-state index is 11.5. The Morgan fingerprint density at radius 2 is 2.26 bits per heavy atom. The van der Waals surface area contributed by atoms with Crippen LogP contribution >= 0.6 is 15.9 Å². The molecule has 6 heteroatoms. The van der Waals surface area contributed by atoms with Gasteiger partial charge in [0.15, 0.2) is 6.61 Å². The quantitative estimate of drug-likeness (QED) is 0.745. The Hall–Kier alpha value is -1.11. The molecule has 0 spiro atoms. The van der Waals surface area contributed by atoms with Gasteiger partial charge < -0.3 is 20.5 Å². The summed E-state index contributed by atoms with van der Waals surface area (Å²) in [7, 11) is 1.58. The Kier molecular flexibility index (Phi) is 6.83. The van der Waals surface area contributed by atoms with E-state index < -0.39 is 0 Å². The Morgan fingerprint density at radius 3 is 2.89 bits per heavy atom. The zero-order chi connectivity index (χ0) is 14.3. The maximum Gasteiger partial charge on any atom is 0.258 e. The first-order chi connectivity index (χ1) is 9.04. The summed E-state index contributed by atoms with van der Waals surface area (Å²) < 4.78 is 11.2. The van der Waals surface area contributed by atoms with Crippen molar-refractivity contribution in [1.29, 1.82) is 0 Å². The number of amides is 1. The summed E-state index contributed by atoms with van der Waals surface area (Å²) >= 11 is 3.37. The van der Waals surface area contributed by atoms with Crippen LogP contribution in [-0.4, -0.2) is 32.8 Å². The van der Waals surface area contributed by atoms with Crippen molar-refractivity contribution in [2.45, 2.75) is 13.0 Å². The number of methoxy groups -OCH3 is 1. The Bertz CT molecular complexity index is 424. The van der Waals surface area contributed by atoms with E-state index in [9.17, 15) is 4.79 Å². The molecule has 0 aliphatic heterocycles. The van der Waals surface area contributed by atoms with Crippen LogP contribution in [0, 0.1) is 0 Å².